The highest BCUT2D eigenvalue weighted by atomic mass is 32.1. The Labute approximate surface area is 165 Å². The summed E-state index contributed by atoms with van der Waals surface area (Å²) < 4.78 is 0. The third kappa shape index (κ3) is 4.88. The average molecular weight is 391 g/mol. The highest BCUT2D eigenvalue weighted by Crippen LogP contribution is 2.30. The van der Waals surface area contributed by atoms with E-state index in [9.17, 15) is 9.59 Å². The Morgan fingerprint density at radius 3 is 2.78 bits per heavy atom. The van der Waals surface area contributed by atoms with Crippen LogP contribution in [0.15, 0.2) is 11.6 Å². The predicted molar refractivity (Wildman–Crippen MR) is 105 cm³/mol. The molecule has 1 aliphatic heterocycles. The van der Waals surface area contributed by atoms with Gasteiger partial charge >= 0.3 is 0 Å². The first-order chi connectivity index (χ1) is 13.2. The van der Waals surface area contributed by atoms with Crippen molar-refractivity contribution >= 4 is 23.2 Å². The van der Waals surface area contributed by atoms with E-state index in [4.69, 9.17) is 0 Å². The molecule has 6 nitrogen and oxygen atoms in total. The van der Waals surface area contributed by atoms with Crippen molar-refractivity contribution < 1.29 is 9.59 Å². The lowest BCUT2D eigenvalue weighted by atomic mass is 9.88. The molecule has 3 aliphatic rings. The number of carbonyl (C=O) groups is 2. The summed E-state index contributed by atoms with van der Waals surface area (Å²) in [5.41, 5.74) is 0. The molecular weight excluding hydrogens is 360 g/mol. The molecule has 0 aromatic carbocycles. The maximum absolute atomic E-state index is 13.1. The maximum atomic E-state index is 13.1. The highest BCUT2D eigenvalue weighted by Gasteiger charge is 2.38. The van der Waals surface area contributed by atoms with Crippen molar-refractivity contribution in [3.63, 3.8) is 0 Å². The van der Waals surface area contributed by atoms with E-state index in [1.165, 1.54) is 32.1 Å². The molecule has 27 heavy (non-hydrogen) atoms. The van der Waals surface area contributed by atoms with Gasteiger partial charge in [-0.05, 0) is 31.6 Å². The van der Waals surface area contributed by atoms with Crippen LogP contribution in [0.25, 0.3) is 0 Å². The SMILES string of the molecule is O=C1NCCN(CC2CCCCC2)C1CC(=O)N(Cc1nccs1)C1CC1. The molecule has 1 atom stereocenters. The summed E-state index contributed by atoms with van der Waals surface area (Å²) >= 11 is 1.59. The molecule has 1 aromatic heterocycles. The fourth-order valence-corrected chi connectivity index (χ4v) is 5.08. The van der Waals surface area contributed by atoms with Crippen molar-refractivity contribution in [1.29, 1.82) is 0 Å². The zero-order chi connectivity index (χ0) is 18.6. The number of piperazine rings is 1. The van der Waals surface area contributed by atoms with E-state index in [-0.39, 0.29) is 17.9 Å². The molecule has 0 spiro atoms. The number of nitrogens with one attached hydrogen (secondary N) is 1. The van der Waals surface area contributed by atoms with E-state index in [0.717, 1.165) is 30.9 Å². The second-order valence-corrected chi connectivity index (χ2v) is 9.17. The third-order valence-corrected chi connectivity index (χ3v) is 6.89. The van der Waals surface area contributed by atoms with Crippen molar-refractivity contribution in [2.45, 2.75) is 70.0 Å². The van der Waals surface area contributed by atoms with Gasteiger partial charge in [-0.3, -0.25) is 14.5 Å². The molecule has 148 valence electrons. The van der Waals surface area contributed by atoms with Crippen LogP contribution >= 0.6 is 11.3 Å². The van der Waals surface area contributed by atoms with Crippen molar-refractivity contribution in [3.8, 4) is 0 Å². The van der Waals surface area contributed by atoms with Crippen LogP contribution in [0.3, 0.4) is 0 Å². The number of carbonyl (C=O) groups excluding carboxylic acids is 2. The highest BCUT2D eigenvalue weighted by molar-refractivity contribution is 7.09. The van der Waals surface area contributed by atoms with Gasteiger partial charge in [-0.2, -0.15) is 0 Å². The Bertz CT molecular complexity index is 640. The Balaban J connectivity index is 1.40. The molecule has 1 unspecified atom stereocenters. The first-order valence-electron chi connectivity index (χ1n) is 10.4. The molecule has 7 heteroatoms. The Hall–Kier alpha value is -1.47. The number of amides is 2. The van der Waals surface area contributed by atoms with Gasteiger partial charge in [0, 0.05) is 37.3 Å². The van der Waals surface area contributed by atoms with Crippen molar-refractivity contribution in [2.24, 2.45) is 5.92 Å². The standard InChI is InChI=1S/C20H30N4O2S/c25-19(24(16-6-7-16)14-18-21-9-11-27-18)12-17-20(26)22-8-10-23(17)13-15-4-2-1-3-5-15/h9,11,15-17H,1-8,10,12-14H2,(H,22,26). The van der Waals surface area contributed by atoms with Crippen LogP contribution in [0.1, 0.15) is 56.4 Å². The van der Waals surface area contributed by atoms with Gasteiger partial charge in [0.25, 0.3) is 0 Å². The fourth-order valence-electron chi connectivity index (χ4n) is 4.47. The minimum atomic E-state index is -0.314. The van der Waals surface area contributed by atoms with E-state index < -0.39 is 0 Å². The lowest BCUT2D eigenvalue weighted by molar-refractivity contribution is -0.140. The zero-order valence-electron chi connectivity index (χ0n) is 15.9. The molecule has 1 N–H and O–H groups in total. The van der Waals surface area contributed by atoms with Gasteiger partial charge in [-0.1, -0.05) is 19.3 Å². The predicted octanol–water partition coefficient (Wildman–Crippen LogP) is 2.40. The normalized spacial score (nSPS) is 24.6. The molecular formula is C20H30N4O2S. The molecule has 2 aliphatic carbocycles. The van der Waals surface area contributed by atoms with Crippen LogP contribution in [0, 0.1) is 5.92 Å². The van der Waals surface area contributed by atoms with E-state index >= 15 is 0 Å². The minimum absolute atomic E-state index is 0.0235. The minimum Gasteiger partial charge on any atom is -0.353 e. The summed E-state index contributed by atoms with van der Waals surface area (Å²) in [6, 6.07) is 0.0190. The lowest BCUT2D eigenvalue weighted by Crippen LogP contribution is -2.57. The molecule has 0 bridgehead atoms. The summed E-state index contributed by atoms with van der Waals surface area (Å²) in [6.07, 6.45) is 10.7. The van der Waals surface area contributed by atoms with E-state index in [2.05, 4.69) is 15.2 Å². The van der Waals surface area contributed by atoms with Crippen molar-refractivity contribution in [2.75, 3.05) is 19.6 Å². The molecule has 1 saturated heterocycles. The van der Waals surface area contributed by atoms with Crippen LogP contribution in [0.5, 0.6) is 0 Å². The van der Waals surface area contributed by atoms with E-state index in [1.807, 2.05) is 10.3 Å². The summed E-state index contributed by atoms with van der Waals surface area (Å²) in [5, 5.41) is 5.90. The molecule has 0 radical (unpaired) electrons. The van der Waals surface area contributed by atoms with Crippen molar-refractivity contribution in [1.82, 2.24) is 20.1 Å². The lowest BCUT2D eigenvalue weighted by Gasteiger charge is -2.38. The van der Waals surface area contributed by atoms with Gasteiger partial charge in [-0.25, -0.2) is 4.98 Å². The van der Waals surface area contributed by atoms with Crippen molar-refractivity contribution in [3.05, 3.63) is 16.6 Å². The summed E-state index contributed by atoms with van der Waals surface area (Å²) in [4.78, 5) is 34.2. The maximum Gasteiger partial charge on any atom is 0.237 e. The molecule has 2 heterocycles. The van der Waals surface area contributed by atoms with Crippen LogP contribution in [-0.2, 0) is 16.1 Å². The zero-order valence-corrected chi connectivity index (χ0v) is 16.8. The smallest absolute Gasteiger partial charge is 0.237 e. The number of aromatic nitrogens is 1. The largest absolute Gasteiger partial charge is 0.353 e. The average Bonchev–Trinajstić information content (AvgIpc) is 3.38. The Kier molecular flexibility index (Phi) is 6.08. The van der Waals surface area contributed by atoms with Gasteiger partial charge < -0.3 is 10.2 Å². The van der Waals surface area contributed by atoms with Gasteiger partial charge in [0.1, 0.15) is 5.01 Å². The molecule has 1 aromatic rings. The Morgan fingerprint density at radius 1 is 1.26 bits per heavy atom. The van der Waals surface area contributed by atoms with Crippen LogP contribution in [0.4, 0.5) is 0 Å². The number of hydrogen-bond donors (Lipinski definition) is 1. The van der Waals surface area contributed by atoms with Gasteiger partial charge in [-0.15, -0.1) is 11.3 Å². The van der Waals surface area contributed by atoms with E-state index in [0.29, 0.717) is 31.5 Å². The third-order valence-electron chi connectivity index (χ3n) is 6.12. The Morgan fingerprint density at radius 2 is 2.07 bits per heavy atom. The van der Waals surface area contributed by atoms with Crippen LogP contribution < -0.4 is 5.32 Å². The van der Waals surface area contributed by atoms with Crippen LogP contribution in [0.2, 0.25) is 0 Å². The second kappa shape index (κ2) is 8.69. The first kappa shape index (κ1) is 18.9. The molecule has 2 amide bonds. The number of thiazole rings is 1. The van der Waals surface area contributed by atoms with Gasteiger partial charge in [0.15, 0.2) is 0 Å². The molecule has 3 fully saturated rings. The number of hydrogen-bond acceptors (Lipinski definition) is 5. The molecule has 2 saturated carbocycles. The fraction of sp³-hybridized carbons (Fsp3) is 0.750. The van der Waals surface area contributed by atoms with Gasteiger partial charge in [0.2, 0.25) is 11.8 Å². The second-order valence-electron chi connectivity index (χ2n) is 8.19. The summed E-state index contributed by atoms with van der Waals surface area (Å²) in [5.74, 6) is 0.802. The number of rotatable bonds is 7. The van der Waals surface area contributed by atoms with Gasteiger partial charge in [0.05, 0.1) is 19.0 Å². The first-order valence-corrected chi connectivity index (χ1v) is 11.3. The number of nitrogens with zero attached hydrogens (tertiary/aromatic N) is 3. The molecule has 4 rings (SSSR count). The van der Waals surface area contributed by atoms with Crippen LogP contribution in [-0.4, -0.2) is 58.3 Å². The summed E-state index contributed by atoms with van der Waals surface area (Å²) in [7, 11) is 0. The van der Waals surface area contributed by atoms with E-state index in [1.54, 1.807) is 17.5 Å². The topological polar surface area (TPSA) is 65.5 Å². The monoisotopic (exact) mass is 390 g/mol. The summed E-state index contributed by atoms with van der Waals surface area (Å²) in [6.45, 7) is 3.09. The quantitative estimate of drug-likeness (QED) is 0.776.